The predicted octanol–water partition coefficient (Wildman–Crippen LogP) is 2.64. The molecule has 4 rings (SSSR count). The fourth-order valence-corrected chi connectivity index (χ4v) is 2.93. The Morgan fingerprint density at radius 1 is 1.40 bits per heavy atom. The summed E-state index contributed by atoms with van der Waals surface area (Å²) in [6.45, 7) is -2.56. The molecule has 2 N–H and O–H groups in total. The lowest BCUT2D eigenvalue weighted by Gasteiger charge is -2.61. The Hall–Kier alpha value is -1.85. The maximum atomic E-state index is 12.1. The third-order valence-corrected chi connectivity index (χ3v) is 3.99. The average molecular weight is 282 g/mol. The van der Waals surface area contributed by atoms with Crippen molar-refractivity contribution in [2.45, 2.75) is 38.0 Å². The number of nitrogens with one attached hydrogen (secondary N) is 2. The molecule has 0 spiro atoms. The van der Waals surface area contributed by atoms with Crippen molar-refractivity contribution in [2.24, 2.45) is 5.92 Å². The molecule has 0 aromatic heterocycles. The zero-order valence-corrected chi connectivity index (χ0v) is 10.9. The van der Waals surface area contributed by atoms with Crippen molar-refractivity contribution in [3.63, 3.8) is 0 Å². The molecule has 3 aliphatic rings. The molecule has 6 heteroatoms. The third-order valence-electron chi connectivity index (χ3n) is 3.99. The molecular formula is C14H16F2N2O2. The van der Waals surface area contributed by atoms with E-state index in [0.29, 0.717) is 0 Å². The van der Waals surface area contributed by atoms with Gasteiger partial charge in [0.15, 0.2) is 0 Å². The van der Waals surface area contributed by atoms with Gasteiger partial charge < -0.3 is 15.4 Å². The van der Waals surface area contributed by atoms with Crippen LogP contribution in [0.2, 0.25) is 0 Å². The van der Waals surface area contributed by atoms with Gasteiger partial charge in [-0.3, -0.25) is 0 Å². The van der Waals surface area contributed by atoms with Gasteiger partial charge in [-0.25, -0.2) is 4.79 Å². The number of carbonyl (C=O) groups is 1. The average Bonchev–Trinajstić information content (AvgIpc) is 2.29. The van der Waals surface area contributed by atoms with Crippen molar-refractivity contribution < 1.29 is 18.3 Å². The zero-order valence-electron chi connectivity index (χ0n) is 10.9. The van der Waals surface area contributed by atoms with Gasteiger partial charge in [0.25, 0.3) is 0 Å². The first-order valence-electron chi connectivity index (χ1n) is 6.64. The Kier molecular flexibility index (Phi) is 3.23. The molecule has 3 aliphatic carbocycles. The second-order valence-electron chi connectivity index (χ2n) is 5.59. The second-order valence-corrected chi connectivity index (χ2v) is 5.59. The van der Waals surface area contributed by atoms with Gasteiger partial charge in [0.05, 0.1) is 0 Å². The molecule has 2 amide bonds. The van der Waals surface area contributed by atoms with Gasteiger partial charge in [0.1, 0.15) is 5.75 Å². The zero-order chi connectivity index (χ0) is 14.2. The number of hydrogen-bond donors (Lipinski definition) is 2. The van der Waals surface area contributed by atoms with Gasteiger partial charge in [-0.05, 0) is 42.9 Å². The topological polar surface area (TPSA) is 50.4 Å². The minimum absolute atomic E-state index is 0.0371. The maximum Gasteiger partial charge on any atom is 0.387 e. The number of halogens is 2. The Bertz CT molecular complexity index is 505. The van der Waals surface area contributed by atoms with E-state index in [2.05, 4.69) is 15.4 Å². The standard InChI is InChI=1S/C14H16F2N2O2/c15-12(16)20-11-3-1-2-9(4-11)8-17-13(19)18-14-5-10(6-14)7-14/h1-4,10,12H,5-8H2,(H2,17,18,19). The van der Waals surface area contributed by atoms with Crippen molar-refractivity contribution in [1.29, 1.82) is 0 Å². The summed E-state index contributed by atoms with van der Waals surface area (Å²) in [5.41, 5.74) is 0.756. The summed E-state index contributed by atoms with van der Waals surface area (Å²) in [5, 5.41) is 5.71. The van der Waals surface area contributed by atoms with Gasteiger partial charge >= 0.3 is 12.6 Å². The van der Waals surface area contributed by atoms with Crippen LogP contribution in [0.5, 0.6) is 5.75 Å². The van der Waals surface area contributed by atoms with E-state index in [1.807, 2.05) is 0 Å². The summed E-state index contributed by atoms with van der Waals surface area (Å²) >= 11 is 0. The Labute approximate surface area is 115 Å². The molecule has 0 saturated heterocycles. The second kappa shape index (κ2) is 4.92. The molecule has 0 atom stereocenters. The van der Waals surface area contributed by atoms with E-state index in [4.69, 9.17) is 0 Å². The van der Waals surface area contributed by atoms with E-state index in [-0.39, 0.29) is 23.9 Å². The quantitative estimate of drug-likeness (QED) is 0.872. The highest BCUT2D eigenvalue weighted by Gasteiger charge is 2.57. The summed E-state index contributed by atoms with van der Waals surface area (Å²) in [5.74, 6) is 0.901. The number of ether oxygens (including phenoxy) is 1. The first-order valence-corrected chi connectivity index (χ1v) is 6.64. The predicted molar refractivity (Wildman–Crippen MR) is 68.5 cm³/mol. The van der Waals surface area contributed by atoms with E-state index >= 15 is 0 Å². The molecule has 0 unspecified atom stereocenters. The first kappa shape index (κ1) is 13.1. The van der Waals surface area contributed by atoms with Gasteiger partial charge in [0, 0.05) is 12.1 Å². The lowest BCUT2D eigenvalue weighted by molar-refractivity contribution is -0.0499. The lowest BCUT2D eigenvalue weighted by Crippen LogP contribution is -2.69. The molecule has 2 bridgehead atoms. The number of urea groups is 1. The molecule has 4 nitrogen and oxygen atoms in total. The van der Waals surface area contributed by atoms with Crippen LogP contribution >= 0.6 is 0 Å². The van der Waals surface area contributed by atoms with E-state index in [9.17, 15) is 13.6 Å². The molecule has 20 heavy (non-hydrogen) atoms. The van der Waals surface area contributed by atoms with Crippen LogP contribution in [0.25, 0.3) is 0 Å². The minimum Gasteiger partial charge on any atom is -0.435 e. The van der Waals surface area contributed by atoms with E-state index in [1.165, 1.54) is 12.1 Å². The van der Waals surface area contributed by atoms with Crippen LogP contribution < -0.4 is 15.4 Å². The lowest BCUT2D eigenvalue weighted by atomic mass is 9.50. The highest BCUT2D eigenvalue weighted by Crippen LogP contribution is 2.56. The van der Waals surface area contributed by atoms with Crippen LogP contribution in [0.4, 0.5) is 13.6 Å². The van der Waals surface area contributed by atoms with Crippen molar-refractivity contribution in [1.82, 2.24) is 10.6 Å². The monoisotopic (exact) mass is 282 g/mol. The van der Waals surface area contributed by atoms with Gasteiger partial charge in [-0.15, -0.1) is 0 Å². The number of hydrogen-bond acceptors (Lipinski definition) is 2. The molecule has 3 fully saturated rings. The van der Waals surface area contributed by atoms with Crippen molar-refractivity contribution >= 4 is 6.03 Å². The van der Waals surface area contributed by atoms with Crippen LogP contribution in [0, 0.1) is 5.92 Å². The fraction of sp³-hybridized carbons (Fsp3) is 0.500. The summed E-state index contributed by atoms with van der Waals surface area (Å²) in [6, 6.07) is 6.11. The normalized spacial score (nSPS) is 26.4. The summed E-state index contributed by atoms with van der Waals surface area (Å²) in [4.78, 5) is 11.7. The molecule has 0 aliphatic heterocycles. The van der Waals surface area contributed by atoms with E-state index in [1.54, 1.807) is 12.1 Å². The molecule has 1 aromatic rings. The third kappa shape index (κ3) is 2.69. The van der Waals surface area contributed by atoms with Crippen LogP contribution in [0.3, 0.4) is 0 Å². The van der Waals surface area contributed by atoms with E-state index in [0.717, 1.165) is 30.7 Å². The Morgan fingerprint density at radius 3 is 2.75 bits per heavy atom. The van der Waals surface area contributed by atoms with Crippen LogP contribution in [0.1, 0.15) is 24.8 Å². The van der Waals surface area contributed by atoms with Crippen molar-refractivity contribution in [3.05, 3.63) is 29.8 Å². The Morgan fingerprint density at radius 2 is 2.15 bits per heavy atom. The molecular weight excluding hydrogens is 266 g/mol. The number of benzene rings is 1. The summed E-state index contributed by atoms with van der Waals surface area (Å²) < 4.78 is 28.5. The van der Waals surface area contributed by atoms with Crippen molar-refractivity contribution in [2.75, 3.05) is 0 Å². The van der Waals surface area contributed by atoms with Gasteiger partial charge in [-0.1, -0.05) is 12.1 Å². The summed E-state index contributed by atoms with van der Waals surface area (Å²) in [7, 11) is 0. The molecule has 0 heterocycles. The maximum absolute atomic E-state index is 12.1. The summed E-state index contributed by atoms with van der Waals surface area (Å²) in [6.07, 6.45) is 3.24. The van der Waals surface area contributed by atoms with E-state index < -0.39 is 6.61 Å². The van der Waals surface area contributed by atoms with Gasteiger partial charge in [0.2, 0.25) is 0 Å². The number of amides is 2. The molecule has 1 aromatic carbocycles. The molecule has 108 valence electrons. The molecule has 3 saturated carbocycles. The van der Waals surface area contributed by atoms with Crippen LogP contribution in [0.15, 0.2) is 24.3 Å². The highest BCUT2D eigenvalue weighted by molar-refractivity contribution is 5.75. The smallest absolute Gasteiger partial charge is 0.387 e. The SMILES string of the molecule is O=C(NCc1cccc(OC(F)F)c1)NC12CC(C1)C2. The van der Waals surface area contributed by atoms with Gasteiger partial charge in [-0.2, -0.15) is 8.78 Å². The number of rotatable bonds is 5. The fourth-order valence-electron chi connectivity index (χ4n) is 2.93. The Balaban J connectivity index is 1.48. The van der Waals surface area contributed by atoms with Crippen LogP contribution in [-0.2, 0) is 6.54 Å². The van der Waals surface area contributed by atoms with Crippen molar-refractivity contribution in [3.8, 4) is 5.75 Å². The van der Waals surface area contributed by atoms with Crippen LogP contribution in [-0.4, -0.2) is 18.2 Å². The number of carbonyl (C=O) groups excluding carboxylic acids is 1. The highest BCUT2D eigenvalue weighted by atomic mass is 19.3. The number of alkyl halides is 2. The minimum atomic E-state index is -2.84. The molecule has 0 radical (unpaired) electrons. The first-order chi connectivity index (χ1) is 9.55. The largest absolute Gasteiger partial charge is 0.435 e.